The molecule has 7 heteroatoms. The second-order valence-corrected chi connectivity index (χ2v) is 11.5. The fourth-order valence-corrected chi connectivity index (χ4v) is 6.25. The molecule has 218 valence electrons. The minimum Gasteiger partial charge on any atom is -0.464 e. The molecule has 2 aromatic carbocycles. The van der Waals surface area contributed by atoms with Gasteiger partial charge in [-0.05, 0) is 86.1 Å². The van der Waals surface area contributed by atoms with E-state index in [1.54, 1.807) is 17.0 Å². The van der Waals surface area contributed by atoms with Crippen molar-refractivity contribution in [2.75, 3.05) is 18.1 Å². The van der Waals surface area contributed by atoms with Crippen LogP contribution in [0.3, 0.4) is 0 Å². The van der Waals surface area contributed by atoms with Crippen LogP contribution in [-0.2, 0) is 9.53 Å². The predicted molar refractivity (Wildman–Crippen MR) is 163 cm³/mol. The SMILES string of the molecule is Cc1ccc([C@H](C(=O)NC[C@@H]2CCCO2)N(C(=O)c2ccc(-c3ccccc3)[nH]2)c2ccc(C3CCCCC3)cc2)o1. The smallest absolute Gasteiger partial charge is 0.275 e. The number of amides is 2. The molecule has 2 aliphatic rings. The van der Waals surface area contributed by atoms with Crippen molar-refractivity contribution >= 4 is 17.5 Å². The summed E-state index contributed by atoms with van der Waals surface area (Å²) in [6.07, 6.45) is 8.03. The summed E-state index contributed by atoms with van der Waals surface area (Å²) in [6.45, 7) is 2.93. The molecule has 0 unspecified atom stereocenters. The van der Waals surface area contributed by atoms with Gasteiger partial charge in [0.2, 0.25) is 0 Å². The highest BCUT2D eigenvalue weighted by atomic mass is 16.5. The van der Waals surface area contributed by atoms with Gasteiger partial charge in [-0.25, -0.2) is 0 Å². The van der Waals surface area contributed by atoms with Gasteiger partial charge in [0.15, 0.2) is 6.04 Å². The maximum absolute atomic E-state index is 14.4. The van der Waals surface area contributed by atoms with Gasteiger partial charge < -0.3 is 19.5 Å². The Morgan fingerprint density at radius 3 is 2.38 bits per heavy atom. The molecule has 4 aromatic rings. The minimum absolute atomic E-state index is 0.0243. The number of carbonyl (C=O) groups excluding carboxylic acids is 2. The largest absolute Gasteiger partial charge is 0.464 e. The van der Waals surface area contributed by atoms with Crippen LogP contribution in [0.1, 0.15) is 84.5 Å². The Labute approximate surface area is 247 Å². The molecule has 0 radical (unpaired) electrons. The number of anilines is 1. The van der Waals surface area contributed by atoms with Crippen LogP contribution in [0, 0.1) is 6.92 Å². The lowest BCUT2D eigenvalue weighted by atomic mass is 9.84. The second kappa shape index (κ2) is 12.8. The molecular weight excluding hydrogens is 526 g/mol. The average Bonchev–Trinajstić information content (AvgIpc) is 3.82. The number of furan rings is 1. The number of aromatic nitrogens is 1. The molecule has 6 rings (SSSR count). The van der Waals surface area contributed by atoms with Crippen LogP contribution in [-0.4, -0.2) is 36.1 Å². The van der Waals surface area contributed by atoms with Crippen molar-refractivity contribution in [1.29, 1.82) is 0 Å². The highest BCUT2D eigenvalue weighted by Crippen LogP contribution is 2.36. The van der Waals surface area contributed by atoms with Crippen LogP contribution >= 0.6 is 0 Å². The number of rotatable bonds is 9. The lowest BCUT2D eigenvalue weighted by molar-refractivity contribution is -0.123. The third-order valence-corrected chi connectivity index (χ3v) is 8.53. The monoisotopic (exact) mass is 565 g/mol. The van der Waals surface area contributed by atoms with Crippen molar-refractivity contribution in [2.45, 2.75) is 69.9 Å². The van der Waals surface area contributed by atoms with E-state index in [-0.39, 0.29) is 17.9 Å². The van der Waals surface area contributed by atoms with Crippen molar-refractivity contribution in [3.05, 3.63) is 102 Å². The summed E-state index contributed by atoms with van der Waals surface area (Å²) in [5.41, 5.74) is 4.13. The number of nitrogens with one attached hydrogen (secondary N) is 2. The lowest BCUT2D eigenvalue weighted by Crippen LogP contribution is -2.45. The molecule has 1 aliphatic carbocycles. The first kappa shape index (κ1) is 28.0. The number of benzene rings is 2. The molecular formula is C35H39N3O4. The zero-order valence-corrected chi connectivity index (χ0v) is 24.2. The zero-order valence-electron chi connectivity index (χ0n) is 24.2. The molecule has 1 saturated carbocycles. The van der Waals surface area contributed by atoms with E-state index >= 15 is 0 Å². The van der Waals surface area contributed by atoms with Crippen LogP contribution < -0.4 is 10.2 Å². The molecule has 3 heterocycles. The van der Waals surface area contributed by atoms with Gasteiger partial charge in [0.05, 0.1) is 6.10 Å². The van der Waals surface area contributed by atoms with Gasteiger partial charge in [0.25, 0.3) is 11.8 Å². The van der Waals surface area contributed by atoms with Gasteiger partial charge in [-0.3, -0.25) is 14.5 Å². The van der Waals surface area contributed by atoms with E-state index in [9.17, 15) is 9.59 Å². The minimum atomic E-state index is -1.00. The summed E-state index contributed by atoms with van der Waals surface area (Å²) < 4.78 is 11.8. The third-order valence-electron chi connectivity index (χ3n) is 8.53. The van der Waals surface area contributed by atoms with Crippen LogP contribution in [0.15, 0.2) is 83.3 Å². The first-order chi connectivity index (χ1) is 20.6. The molecule has 2 atom stereocenters. The van der Waals surface area contributed by atoms with Gasteiger partial charge in [-0.2, -0.15) is 0 Å². The van der Waals surface area contributed by atoms with Gasteiger partial charge >= 0.3 is 0 Å². The number of ether oxygens (including phenoxy) is 1. The Hall–Kier alpha value is -4.10. The van der Waals surface area contributed by atoms with E-state index in [1.807, 2.05) is 61.5 Å². The molecule has 7 nitrogen and oxygen atoms in total. The van der Waals surface area contributed by atoms with Crippen molar-refractivity contribution in [3.63, 3.8) is 0 Å². The zero-order chi connectivity index (χ0) is 28.9. The Bertz CT molecular complexity index is 1480. The highest BCUT2D eigenvalue weighted by Gasteiger charge is 2.37. The predicted octanol–water partition coefficient (Wildman–Crippen LogP) is 7.31. The summed E-state index contributed by atoms with van der Waals surface area (Å²) in [5, 5.41) is 3.06. The maximum Gasteiger partial charge on any atom is 0.275 e. The van der Waals surface area contributed by atoms with Crippen LogP contribution in [0.4, 0.5) is 5.69 Å². The Morgan fingerprint density at radius 2 is 1.69 bits per heavy atom. The molecule has 2 N–H and O–H groups in total. The van der Waals surface area contributed by atoms with Crippen LogP contribution in [0.2, 0.25) is 0 Å². The summed E-state index contributed by atoms with van der Waals surface area (Å²) in [5.74, 6) is 1.01. The number of aryl methyl sites for hydroxylation is 1. The van der Waals surface area contributed by atoms with E-state index in [0.717, 1.165) is 24.1 Å². The fraction of sp³-hybridized carbons (Fsp3) is 0.371. The molecule has 1 saturated heterocycles. The molecule has 2 fully saturated rings. The number of aromatic amines is 1. The molecule has 0 bridgehead atoms. The van der Waals surface area contributed by atoms with Crippen LogP contribution in [0.25, 0.3) is 11.3 Å². The first-order valence-corrected chi connectivity index (χ1v) is 15.2. The Kier molecular flexibility index (Phi) is 8.56. The summed E-state index contributed by atoms with van der Waals surface area (Å²) in [6, 6.07) is 24.3. The van der Waals surface area contributed by atoms with E-state index in [1.165, 1.54) is 37.7 Å². The topological polar surface area (TPSA) is 87.6 Å². The number of nitrogens with zero attached hydrogens (tertiary/aromatic N) is 1. The number of carbonyl (C=O) groups is 2. The van der Waals surface area contributed by atoms with Crippen molar-refractivity contribution in [2.24, 2.45) is 0 Å². The highest BCUT2D eigenvalue weighted by molar-refractivity contribution is 6.09. The quantitative estimate of drug-likeness (QED) is 0.223. The number of H-pyrrole nitrogens is 1. The van der Waals surface area contributed by atoms with Gasteiger partial charge in [-0.1, -0.05) is 61.7 Å². The summed E-state index contributed by atoms with van der Waals surface area (Å²) >= 11 is 0. The molecule has 2 amide bonds. The molecule has 0 spiro atoms. The lowest BCUT2D eigenvalue weighted by Gasteiger charge is -2.30. The van der Waals surface area contributed by atoms with Crippen molar-refractivity contribution in [1.82, 2.24) is 10.3 Å². The van der Waals surface area contributed by atoms with E-state index < -0.39 is 6.04 Å². The van der Waals surface area contributed by atoms with Gasteiger partial charge in [0.1, 0.15) is 17.2 Å². The summed E-state index contributed by atoms with van der Waals surface area (Å²) in [7, 11) is 0. The van der Waals surface area contributed by atoms with E-state index in [0.29, 0.717) is 42.0 Å². The normalized spacial score (nSPS) is 18.1. The molecule has 2 aromatic heterocycles. The van der Waals surface area contributed by atoms with Crippen molar-refractivity contribution < 1.29 is 18.7 Å². The Balaban J connectivity index is 1.37. The molecule has 42 heavy (non-hydrogen) atoms. The van der Waals surface area contributed by atoms with Gasteiger partial charge in [-0.15, -0.1) is 0 Å². The van der Waals surface area contributed by atoms with E-state index in [4.69, 9.17) is 9.15 Å². The standard InChI is InChI=1S/C35H39N3O4/c1-24-14-21-32(42-24)33(34(39)36-23-29-13-8-22-41-29)38(28-17-15-26(16-18-28)25-9-4-2-5-10-25)35(40)31-20-19-30(37-31)27-11-6-3-7-12-27/h3,6-7,11-12,14-21,25,29,33,37H,2,4-5,8-10,13,22-23H2,1H3,(H,36,39)/t29-,33+/m0/s1. The van der Waals surface area contributed by atoms with Crippen LogP contribution in [0.5, 0.6) is 0 Å². The number of hydrogen-bond donors (Lipinski definition) is 2. The average molecular weight is 566 g/mol. The van der Waals surface area contributed by atoms with Gasteiger partial charge in [0, 0.05) is 24.5 Å². The van der Waals surface area contributed by atoms with Crippen molar-refractivity contribution in [3.8, 4) is 11.3 Å². The Morgan fingerprint density at radius 1 is 0.905 bits per heavy atom. The third kappa shape index (κ3) is 6.21. The van der Waals surface area contributed by atoms with E-state index in [2.05, 4.69) is 22.4 Å². The maximum atomic E-state index is 14.4. The molecule has 1 aliphatic heterocycles. The second-order valence-electron chi connectivity index (χ2n) is 11.5. The fourth-order valence-electron chi connectivity index (χ4n) is 6.25. The number of hydrogen-bond acceptors (Lipinski definition) is 4. The first-order valence-electron chi connectivity index (χ1n) is 15.2. The summed E-state index contributed by atoms with van der Waals surface area (Å²) in [4.78, 5) is 33.2.